The van der Waals surface area contributed by atoms with Gasteiger partial charge in [-0.05, 0) is 36.2 Å². The van der Waals surface area contributed by atoms with E-state index in [-0.39, 0.29) is 31.8 Å². The summed E-state index contributed by atoms with van der Waals surface area (Å²) >= 11 is 1.43. The molecule has 2 heterocycles. The van der Waals surface area contributed by atoms with Crippen LogP contribution in [0.3, 0.4) is 0 Å². The van der Waals surface area contributed by atoms with Crippen LogP contribution in [0.1, 0.15) is 27.4 Å². The number of aryl methyl sites for hydroxylation is 1. The van der Waals surface area contributed by atoms with Gasteiger partial charge in [0.1, 0.15) is 5.75 Å². The summed E-state index contributed by atoms with van der Waals surface area (Å²) in [6.07, 6.45) is 0.0908. The van der Waals surface area contributed by atoms with Gasteiger partial charge in [0.05, 0.1) is 12.0 Å². The van der Waals surface area contributed by atoms with Gasteiger partial charge in [-0.3, -0.25) is 4.79 Å². The molecule has 0 spiro atoms. The van der Waals surface area contributed by atoms with Gasteiger partial charge in [0.15, 0.2) is 5.60 Å². The highest BCUT2D eigenvalue weighted by Gasteiger charge is 2.40. The van der Waals surface area contributed by atoms with Crippen LogP contribution in [0.25, 0.3) is 11.1 Å². The van der Waals surface area contributed by atoms with E-state index < -0.39 is 11.6 Å². The van der Waals surface area contributed by atoms with Crippen LogP contribution in [0.15, 0.2) is 30.3 Å². The van der Waals surface area contributed by atoms with E-state index in [9.17, 15) is 14.7 Å². The molecule has 0 radical (unpaired) electrons. The van der Waals surface area contributed by atoms with Gasteiger partial charge < -0.3 is 19.8 Å². The van der Waals surface area contributed by atoms with Gasteiger partial charge in [-0.1, -0.05) is 12.1 Å². The monoisotopic (exact) mass is 375 g/mol. The second-order valence-corrected chi connectivity index (χ2v) is 7.69. The third kappa shape index (κ3) is 3.45. The van der Waals surface area contributed by atoms with Crippen LogP contribution in [0.4, 0.5) is 0 Å². The molecular weight excluding hydrogens is 354 g/mol. The molecule has 1 aliphatic heterocycles. The summed E-state index contributed by atoms with van der Waals surface area (Å²) in [6, 6.07) is 9.55. The molecule has 0 atom stereocenters. The molecule has 1 aliphatic rings. The van der Waals surface area contributed by atoms with Crippen LogP contribution < -0.4 is 4.74 Å². The lowest BCUT2D eigenvalue weighted by atomic mass is 9.91. The number of amides is 1. The van der Waals surface area contributed by atoms with Crippen molar-refractivity contribution in [2.24, 2.45) is 0 Å². The number of carbonyl (C=O) groups is 2. The fourth-order valence-corrected chi connectivity index (χ4v) is 4.10. The van der Waals surface area contributed by atoms with Gasteiger partial charge >= 0.3 is 5.97 Å². The molecule has 2 N–H and O–H groups in total. The number of nitrogens with zero attached hydrogens (tertiary/aromatic N) is 1. The van der Waals surface area contributed by atoms with Gasteiger partial charge in [-0.2, -0.15) is 0 Å². The van der Waals surface area contributed by atoms with Crippen molar-refractivity contribution in [1.29, 1.82) is 0 Å². The maximum atomic E-state index is 12.8. The molecule has 3 rings (SSSR count). The van der Waals surface area contributed by atoms with Crippen LogP contribution in [0, 0.1) is 6.92 Å². The van der Waals surface area contributed by atoms with E-state index >= 15 is 0 Å². The van der Waals surface area contributed by atoms with Crippen molar-refractivity contribution < 1.29 is 24.5 Å². The Balaban J connectivity index is 1.76. The second kappa shape index (κ2) is 7.09. The summed E-state index contributed by atoms with van der Waals surface area (Å²) in [6.45, 7) is 2.44. The summed E-state index contributed by atoms with van der Waals surface area (Å²) in [5.74, 6) is -0.569. The minimum absolute atomic E-state index is 0.0454. The first-order valence-electron chi connectivity index (χ1n) is 8.34. The average molecular weight is 375 g/mol. The van der Waals surface area contributed by atoms with E-state index in [4.69, 9.17) is 9.84 Å². The molecule has 1 aromatic carbocycles. The number of rotatable bonds is 4. The molecule has 1 aromatic heterocycles. The largest absolute Gasteiger partial charge is 0.497 e. The molecule has 0 saturated carbocycles. The number of hydrogen-bond donors (Lipinski definition) is 2. The van der Waals surface area contributed by atoms with Crippen LogP contribution >= 0.6 is 11.3 Å². The number of carboxylic acids is 1. The molecule has 0 unspecified atom stereocenters. The predicted octanol–water partition coefficient (Wildman–Crippen LogP) is 2.78. The lowest BCUT2D eigenvalue weighted by Gasteiger charge is -2.35. The van der Waals surface area contributed by atoms with Gasteiger partial charge in [0.25, 0.3) is 5.91 Å². The van der Waals surface area contributed by atoms with Crippen molar-refractivity contribution in [3.05, 3.63) is 40.1 Å². The van der Waals surface area contributed by atoms with Crippen molar-refractivity contribution in [3.8, 4) is 16.9 Å². The maximum Gasteiger partial charge on any atom is 0.335 e. The molecule has 26 heavy (non-hydrogen) atoms. The molecule has 2 aromatic rings. The Kier molecular flexibility index (Phi) is 5.02. The minimum atomic E-state index is -1.73. The number of piperidine rings is 1. The summed E-state index contributed by atoms with van der Waals surface area (Å²) in [7, 11) is 1.62. The lowest BCUT2D eigenvalue weighted by Crippen LogP contribution is -2.50. The van der Waals surface area contributed by atoms with Gasteiger partial charge in [-0.25, -0.2) is 4.79 Å². The Bertz CT molecular complexity index is 819. The number of ether oxygens (including phenoxy) is 1. The number of aliphatic carboxylic acids is 1. The second-order valence-electron chi connectivity index (χ2n) is 6.44. The van der Waals surface area contributed by atoms with Crippen LogP contribution in [-0.2, 0) is 4.79 Å². The highest BCUT2D eigenvalue weighted by molar-refractivity contribution is 7.14. The average Bonchev–Trinajstić information content (AvgIpc) is 3.03. The van der Waals surface area contributed by atoms with Crippen molar-refractivity contribution in [2.75, 3.05) is 20.2 Å². The normalized spacial score (nSPS) is 16.3. The predicted molar refractivity (Wildman–Crippen MR) is 98.8 cm³/mol. The Morgan fingerprint density at radius 3 is 2.35 bits per heavy atom. The number of carbonyl (C=O) groups excluding carboxylic acids is 1. The van der Waals surface area contributed by atoms with Crippen LogP contribution in [-0.4, -0.2) is 52.8 Å². The zero-order chi connectivity index (χ0) is 18.9. The summed E-state index contributed by atoms with van der Waals surface area (Å²) in [4.78, 5) is 27.1. The first kappa shape index (κ1) is 18.4. The first-order valence-corrected chi connectivity index (χ1v) is 9.15. The highest BCUT2D eigenvalue weighted by atomic mass is 32.1. The Morgan fingerprint density at radius 2 is 1.81 bits per heavy atom. The van der Waals surface area contributed by atoms with Crippen LogP contribution in [0.2, 0.25) is 0 Å². The third-order valence-electron chi connectivity index (χ3n) is 4.81. The molecule has 1 amide bonds. The molecular formula is C19H21NO5S. The van der Waals surface area contributed by atoms with E-state index in [1.54, 1.807) is 12.0 Å². The quantitative estimate of drug-likeness (QED) is 0.858. The fourth-order valence-electron chi connectivity index (χ4n) is 3.09. The summed E-state index contributed by atoms with van der Waals surface area (Å²) in [5.41, 5.74) is 0.286. The van der Waals surface area contributed by atoms with Crippen molar-refractivity contribution in [1.82, 2.24) is 4.90 Å². The van der Waals surface area contributed by atoms with E-state index in [0.717, 1.165) is 21.8 Å². The third-order valence-corrected chi connectivity index (χ3v) is 5.84. The molecule has 6 nitrogen and oxygen atoms in total. The highest BCUT2D eigenvalue weighted by Crippen LogP contribution is 2.33. The lowest BCUT2D eigenvalue weighted by molar-refractivity contribution is -0.162. The standard InChI is InChI=1S/C19H21NO5S/c1-12-15(13-3-5-14(25-2)6-4-13)11-16(26-12)17(21)20-9-7-19(24,8-10-20)18(22)23/h3-6,11,24H,7-10H2,1-2H3,(H,22,23). The number of aliphatic hydroxyl groups is 1. The fraction of sp³-hybridized carbons (Fsp3) is 0.368. The summed E-state index contributed by atoms with van der Waals surface area (Å²) < 4.78 is 5.17. The Hall–Kier alpha value is -2.38. The molecule has 1 saturated heterocycles. The van der Waals surface area contributed by atoms with E-state index in [0.29, 0.717) is 4.88 Å². The zero-order valence-electron chi connectivity index (χ0n) is 14.7. The zero-order valence-corrected chi connectivity index (χ0v) is 15.5. The van der Waals surface area contributed by atoms with E-state index in [2.05, 4.69) is 0 Å². The Morgan fingerprint density at radius 1 is 1.19 bits per heavy atom. The van der Waals surface area contributed by atoms with E-state index in [1.165, 1.54) is 11.3 Å². The molecule has 7 heteroatoms. The minimum Gasteiger partial charge on any atom is -0.497 e. The number of carboxylic acid groups (broad SMARTS) is 1. The van der Waals surface area contributed by atoms with Gasteiger partial charge in [-0.15, -0.1) is 11.3 Å². The van der Waals surface area contributed by atoms with Crippen molar-refractivity contribution in [3.63, 3.8) is 0 Å². The Labute approximate surface area is 155 Å². The molecule has 1 fully saturated rings. The molecule has 0 bridgehead atoms. The number of hydrogen-bond acceptors (Lipinski definition) is 5. The maximum absolute atomic E-state index is 12.8. The number of methoxy groups -OCH3 is 1. The van der Waals surface area contributed by atoms with Gasteiger partial charge in [0, 0.05) is 30.8 Å². The topological polar surface area (TPSA) is 87.1 Å². The van der Waals surface area contributed by atoms with Gasteiger partial charge in [0.2, 0.25) is 0 Å². The number of benzene rings is 1. The van der Waals surface area contributed by atoms with Crippen molar-refractivity contribution >= 4 is 23.2 Å². The van der Waals surface area contributed by atoms with Crippen LogP contribution in [0.5, 0.6) is 5.75 Å². The molecule has 138 valence electrons. The smallest absolute Gasteiger partial charge is 0.335 e. The molecule has 0 aliphatic carbocycles. The van der Waals surface area contributed by atoms with E-state index in [1.807, 2.05) is 37.3 Å². The number of thiophene rings is 1. The van der Waals surface area contributed by atoms with Crippen molar-refractivity contribution in [2.45, 2.75) is 25.4 Å². The summed E-state index contributed by atoms with van der Waals surface area (Å²) in [5, 5.41) is 19.1. The first-order chi connectivity index (χ1) is 12.3. The number of likely N-dealkylation sites (tertiary alicyclic amines) is 1. The SMILES string of the molecule is COc1ccc(-c2cc(C(=O)N3CCC(O)(C(=O)O)CC3)sc2C)cc1.